The zero-order chi connectivity index (χ0) is 37.3. The maximum Gasteiger partial charge on any atom is 0.164 e. The van der Waals surface area contributed by atoms with Crippen molar-refractivity contribution in [3.05, 3.63) is 241 Å². The van der Waals surface area contributed by atoms with Gasteiger partial charge in [-0.2, -0.15) is 0 Å². The molecule has 0 bridgehead atoms. The van der Waals surface area contributed by atoms with Gasteiger partial charge in [-0.1, -0.05) is 188 Å². The van der Waals surface area contributed by atoms with E-state index in [2.05, 4.69) is 163 Å². The topological polar surface area (TPSA) is 41.9 Å². The smallest absolute Gasteiger partial charge is 0.164 e. The van der Waals surface area contributed by atoms with Crippen molar-refractivity contribution in [1.82, 2.24) is 15.0 Å². The molecule has 0 radical (unpaired) electrons. The van der Waals surface area contributed by atoms with Gasteiger partial charge in [-0.3, -0.25) is 0 Å². The Balaban J connectivity index is 1.11. The lowest BCUT2D eigenvalue weighted by atomic mass is 9.62. The predicted molar refractivity (Wildman–Crippen MR) is 228 cm³/mol. The highest BCUT2D eigenvalue weighted by Gasteiger charge is 2.46. The highest BCUT2D eigenvalue weighted by Crippen LogP contribution is 2.57. The molecule has 0 amide bonds. The van der Waals surface area contributed by atoms with E-state index in [0.717, 1.165) is 44.9 Å². The van der Waals surface area contributed by atoms with Gasteiger partial charge in [-0.15, -0.1) is 0 Å². The van der Waals surface area contributed by atoms with E-state index in [1.54, 1.807) is 0 Å². The van der Waals surface area contributed by atoms with Crippen LogP contribution in [0.2, 0.25) is 0 Å². The van der Waals surface area contributed by atoms with Gasteiger partial charge >= 0.3 is 0 Å². The van der Waals surface area contributed by atoms with Gasteiger partial charge in [-0.05, 0) is 63.7 Å². The highest BCUT2D eigenvalue weighted by molar-refractivity contribution is 5.90. The van der Waals surface area contributed by atoms with E-state index >= 15 is 0 Å². The number of hydrogen-bond acceptors (Lipinski definition) is 4. The molecule has 0 saturated heterocycles. The Kier molecular flexibility index (Phi) is 8.34. The molecule has 10 rings (SSSR count). The quantitative estimate of drug-likeness (QED) is 0.165. The molecule has 0 N–H and O–H groups in total. The Hall–Kier alpha value is -7.43. The summed E-state index contributed by atoms with van der Waals surface area (Å²) in [5.74, 6) is 1.92. The van der Waals surface area contributed by atoms with Gasteiger partial charge in [0.2, 0.25) is 0 Å². The third kappa shape index (κ3) is 5.67. The van der Waals surface area contributed by atoms with Crippen LogP contribution in [0, 0.1) is 0 Å². The highest BCUT2D eigenvalue weighted by atomic mass is 15.2. The number of hydrogen-bond donors (Lipinski definition) is 0. The number of aromatic nitrogens is 3. The SMILES string of the molecule is c1ccc(-c2nc(-c3ccccc3)nc(-c3cccc(-c4cccc(N5c6ccccc6C(c6ccccc6)(c6ccccc6)c6ccccc65)c4)c3)n2)cc1. The van der Waals surface area contributed by atoms with E-state index in [4.69, 9.17) is 15.0 Å². The molecule has 1 aromatic heterocycles. The van der Waals surface area contributed by atoms with Crippen molar-refractivity contribution < 1.29 is 0 Å². The lowest BCUT2D eigenvalue weighted by Gasteiger charge is -2.46. The van der Waals surface area contributed by atoms with Gasteiger partial charge in [0.25, 0.3) is 0 Å². The van der Waals surface area contributed by atoms with Crippen molar-refractivity contribution in [2.75, 3.05) is 4.90 Å². The zero-order valence-electron chi connectivity index (χ0n) is 30.6. The Morgan fingerprint density at radius 2 is 0.679 bits per heavy atom. The van der Waals surface area contributed by atoms with Crippen LogP contribution in [0.25, 0.3) is 45.3 Å². The second kappa shape index (κ2) is 14.1. The number of rotatable bonds is 7. The van der Waals surface area contributed by atoms with Crippen LogP contribution in [-0.2, 0) is 5.41 Å². The lowest BCUT2D eigenvalue weighted by molar-refractivity contribution is 0.731. The molecular weight excluding hydrogens is 681 g/mol. The van der Waals surface area contributed by atoms with Gasteiger partial charge < -0.3 is 4.90 Å². The Morgan fingerprint density at radius 3 is 1.20 bits per heavy atom. The average molecular weight is 717 g/mol. The maximum atomic E-state index is 5.01. The summed E-state index contributed by atoms with van der Waals surface area (Å²) in [6.45, 7) is 0. The summed E-state index contributed by atoms with van der Waals surface area (Å²) >= 11 is 0. The van der Waals surface area contributed by atoms with E-state index < -0.39 is 5.41 Å². The van der Waals surface area contributed by atoms with Crippen LogP contribution >= 0.6 is 0 Å². The van der Waals surface area contributed by atoms with E-state index in [9.17, 15) is 0 Å². The largest absolute Gasteiger partial charge is 0.310 e. The van der Waals surface area contributed by atoms with E-state index in [0.29, 0.717) is 17.5 Å². The molecule has 0 saturated carbocycles. The third-order valence-electron chi connectivity index (χ3n) is 10.8. The fraction of sp³-hybridized carbons (Fsp3) is 0.0192. The number of benzene rings is 8. The van der Waals surface area contributed by atoms with E-state index in [1.165, 1.54) is 22.3 Å². The molecule has 9 aromatic rings. The first-order valence-corrected chi connectivity index (χ1v) is 19.0. The van der Waals surface area contributed by atoms with Crippen LogP contribution in [0.15, 0.2) is 218 Å². The van der Waals surface area contributed by atoms with Crippen LogP contribution in [0.1, 0.15) is 22.3 Å². The van der Waals surface area contributed by atoms with Gasteiger partial charge in [0.15, 0.2) is 17.5 Å². The van der Waals surface area contributed by atoms with E-state index in [1.807, 2.05) is 60.7 Å². The van der Waals surface area contributed by atoms with Crippen molar-refractivity contribution in [3.63, 3.8) is 0 Å². The fourth-order valence-corrected chi connectivity index (χ4v) is 8.29. The molecule has 1 aliphatic rings. The summed E-state index contributed by atoms with van der Waals surface area (Å²) in [4.78, 5) is 17.3. The molecular formula is C52H36N4. The third-order valence-corrected chi connectivity index (χ3v) is 10.8. The summed E-state index contributed by atoms with van der Waals surface area (Å²) < 4.78 is 0. The van der Waals surface area contributed by atoms with Crippen molar-refractivity contribution in [2.24, 2.45) is 0 Å². The monoisotopic (exact) mass is 716 g/mol. The second-order valence-electron chi connectivity index (χ2n) is 14.0. The maximum absolute atomic E-state index is 5.01. The molecule has 0 fully saturated rings. The molecule has 4 nitrogen and oxygen atoms in total. The molecule has 0 atom stereocenters. The first kappa shape index (κ1) is 33.2. The molecule has 0 unspecified atom stereocenters. The summed E-state index contributed by atoms with van der Waals surface area (Å²) in [7, 11) is 0. The molecule has 264 valence electrons. The summed E-state index contributed by atoms with van der Waals surface area (Å²) in [6.07, 6.45) is 0. The average Bonchev–Trinajstić information content (AvgIpc) is 3.29. The van der Waals surface area contributed by atoms with Gasteiger partial charge in [0.05, 0.1) is 16.8 Å². The lowest BCUT2D eigenvalue weighted by Crippen LogP contribution is -2.37. The minimum atomic E-state index is -0.514. The van der Waals surface area contributed by atoms with Crippen molar-refractivity contribution in [3.8, 4) is 45.3 Å². The van der Waals surface area contributed by atoms with Gasteiger partial charge in [0, 0.05) is 22.4 Å². The van der Waals surface area contributed by atoms with Gasteiger partial charge in [0.1, 0.15) is 0 Å². The van der Waals surface area contributed by atoms with Crippen LogP contribution < -0.4 is 4.90 Å². The normalized spacial score (nSPS) is 12.8. The molecule has 0 aliphatic carbocycles. The summed E-state index contributed by atoms with van der Waals surface area (Å²) in [6, 6.07) is 77.2. The van der Waals surface area contributed by atoms with E-state index in [-0.39, 0.29) is 0 Å². The van der Waals surface area contributed by atoms with Crippen molar-refractivity contribution >= 4 is 17.1 Å². The minimum Gasteiger partial charge on any atom is -0.310 e. The standard InChI is InChI=1S/C52H36N4/c1-5-19-37(20-6-1)49-53-50(38-21-7-2-8-22-38)55-51(54-49)41-25-17-23-39(35-41)40-24-18-30-44(36-40)56-47-33-15-13-31-45(47)52(42-26-9-3-10-27-42,43-28-11-4-12-29-43)46-32-14-16-34-48(46)56/h1-36H. The molecule has 8 aromatic carbocycles. The van der Waals surface area contributed by atoms with Crippen LogP contribution in [0.4, 0.5) is 17.1 Å². The molecule has 0 spiro atoms. The van der Waals surface area contributed by atoms with Crippen LogP contribution in [0.5, 0.6) is 0 Å². The minimum absolute atomic E-state index is 0.514. The van der Waals surface area contributed by atoms with Crippen molar-refractivity contribution in [2.45, 2.75) is 5.41 Å². The van der Waals surface area contributed by atoms with Gasteiger partial charge in [-0.25, -0.2) is 15.0 Å². The molecule has 1 aliphatic heterocycles. The van der Waals surface area contributed by atoms with Crippen LogP contribution in [0.3, 0.4) is 0 Å². The summed E-state index contributed by atoms with van der Waals surface area (Å²) in [5.41, 5.74) is 12.8. The fourth-order valence-electron chi connectivity index (χ4n) is 8.29. The van der Waals surface area contributed by atoms with Crippen molar-refractivity contribution in [1.29, 1.82) is 0 Å². The predicted octanol–water partition coefficient (Wildman–Crippen LogP) is 12.7. The Labute approximate surface area is 327 Å². The first-order valence-electron chi connectivity index (χ1n) is 19.0. The number of nitrogens with zero attached hydrogens (tertiary/aromatic N) is 4. The molecule has 56 heavy (non-hydrogen) atoms. The second-order valence-corrected chi connectivity index (χ2v) is 14.0. The molecule has 2 heterocycles. The first-order chi connectivity index (χ1) is 27.8. The number of anilines is 3. The number of para-hydroxylation sites is 2. The Bertz CT molecular complexity index is 2660. The molecule has 4 heteroatoms. The summed E-state index contributed by atoms with van der Waals surface area (Å²) in [5, 5.41) is 0. The van der Waals surface area contributed by atoms with Crippen LogP contribution in [-0.4, -0.2) is 15.0 Å². The zero-order valence-corrected chi connectivity index (χ0v) is 30.6. The Morgan fingerprint density at radius 1 is 0.304 bits per heavy atom. The number of fused-ring (bicyclic) bond motifs is 2.